The maximum atomic E-state index is 6.18. The molecule has 0 bridgehead atoms. The predicted molar refractivity (Wildman–Crippen MR) is 542 cm³/mol. The van der Waals surface area contributed by atoms with Gasteiger partial charge in [0.1, 0.15) is 5.75 Å². The molecular weight excluding hydrogens is 1490 g/mol. The van der Waals surface area contributed by atoms with E-state index in [4.69, 9.17) is 4.74 Å². The second-order valence-electron chi connectivity index (χ2n) is 45.3. The zero-order chi connectivity index (χ0) is 91.2. The smallest absolute Gasteiger partial charge is 0.122 e. The lowest BCUT2D eigenvalue weighted by atomic mass is 9.57. The molecule has 0 aromatic heterocycles. The van der Waals surface area contributed by atoms with Crippen LogP contribution in [-0.4, -0.2) is 12.4 Å². The van der Waals surface area contributed by atoms with Crippen LogP contribution in [-0.2, 0) is 45.3 Å². The number of thioether (sulfide) groups is 1. The first kappa shape index (κ1) is 103. The highest BCUT2D eigenvalue weighted by Crippen LogP contribution is 2.55. The Labute approximate surface area is 754 Å². The highest BCUT2D eigenvalue weighted by Gasteiger charge is 2.47. The quantitative estimate of drug-likeness (QED) is 0.0590. The third-order valence-electron chi connectivity index (χ3n) is 30.7. The Hall–Kier alpha value is -7.65. The number of para-hydroxylation sites is 1. The molecule has 11 rings (SSSR count). The number of ether oxygens (including phenoxy) is 1. The minimum absolute atomic E-state index is 0.0451. The van der Waals surface area contributed by atoms with Crippen LogP contribution in [0.4, 0.5) is 0 Å². The van der Waals surface area contributed by atoms with Crippen molar-refractivity contribution in [2.45, 2.75) is 337 Å². The molecule has 1 fully saturated rings. The van der Waals surface area contributed by atoms with Gasteiger partial charge in [-0.25, -0.2) is 0 Å². The Kier molecular flexibility index (Phi) is 36.4. The van der Waals surface area contributed by atoms with E-state index in [-0.39, 0.29) is 54.1 Å². The standard InChI is InChI=1S/C23H32.C21H28.C20H26O.C20H26S.C18H28.C18H30/c1-18-13-11-12-16-20(18)22(5,6)17-23(7,21(2,3)4)19-14-9-8-10-15-19;1-17-11-9-10-12-18(17)15-16-21(5,20(2,3)4)19-13-7-6-8-14-19;2*1-16-11-9-10-14-18(16)21-15-20(5,19(2,3)4)17-12-7-6-8-13-17;1-15-9-5-6-10-16(15)11-14-17(2,3)18(4)12-7-8-13-18;1-14-11-9-10-12-15(14)17(5,6)13-18(7,8)16(2,3)4/h8-16H,17H2,1-7H3;6-14H,15-16H2,1-5H3;2*6-14H,15H2,1-5H3;5-6,9-10H,7-8,11-14H2,1-4H3;9-12H,13H2,1-8H3/t23-;21-;2*20-;;/m1111../s1. The van der Waals surface area contributed by atoms with E-state index < -0.39 is 0 Å². The van der Waals surface area contributed by atoms with Crippen molar-refractivity contribution < 1.29 is 4.74 Å². The Balaban J connectivity index is 0.000000227. The van der Waals surface area contributed by atoms with E-state index in [1.807, 2.05) is 30.0 Å². The fourth-order valence-electron chi connectivity index (χ4n) is 18.2. The maximum absolute atomic E-state index is 6.18. The van der Waals surface area contributed by atoms with Gasteiger partial charge >= 0.3 is 0 Å². The molecule has 1 aliphatic carbocycles. The van der Waals surface area contributed by atoms with Gasteiger partial charge in [-0.05, 0) is 248 Å². The average Bonchev–Trinajstić information content (AvgIpc) is 0.932. The van der Waals surface area contributed by atoms with Crippen LogP contribution in [0.2, 0.25) is 0 Å². The van der Waals surface area contributed by atoms with Gasteiger partial charge in [-0.3, -0.25) is 0 Å². The summed E-state index contributed by atoms with van der Waals surface area (Å²) in [6.45, 7) is 80.3. The molecule has 2 heteroatoms. The molecule has 0 spiro atoms. The van der Waals surface area contributed by atoms with Gasteiger partial charge in [0.2, 0.25) is 0 Å². The zero-order valence-corrected chi connectivity index (χ0v) is 84.5. The van der Waals surface area contributed by atoms with Crippen molar-refractivity contribution in [3.8, 4) is 5.75 Å². The number of rotatable bonds is 23. The molecule has 0 saturated heterocycles. The topological polar surface area (TPSA) is 9.23 Å². The third-order valence-corrected chi connectivity index (χ3v) is 32.2. The van der Waals surface area contributed by atoms with Crippen molar-refractivity contribution in [2.75, 3.05) is 12.4 Å². The first-order valence-electron chi connectivity index (χ1n) is 46.3. The summed E-state index contributed by atoms with van der Waals surface area (Å²) < 4.78 is 6.18. The van der Waals surface area contributed by atoms with Gasteiger partial charge < -0.3 is 4.74 Å². The number of hydrogen-bond acceptors (Lipinski definition) is 2. The Bertz CT molecular complexity index is 4480. The van der Waals surface area contributed by atoms with Crippen LogP contribution >= 0.6 is 11.8 Å². The lowest BCUT2D eigenvalue weighted by molar-refractivity contribution is 0.0855. The Morgan fingerprint density at radius 3 is 0.967 bits per heavy atom. The van der Waals surface area contributed by atoms with Crippen LogP contribution < -0.4 is 4.74 Å². The predicted octanol–water partition coefficient (Wildman–Crippen LogP) is 35.3. The molecule has 1 aliphatic rings. The molecule has 662 valence electrons. The van der Waals surface area contributed by atoms with Crippen molar-refractivity contribution in [3.63, 3.8) is 0 Å². The molecule has 4 atom stereocenters. The fourth-order valence-corrected chi connectivity index (χ4v) is 19.7. The summed E-state index contributed by atoms with van der Waals surface area (Å²) in [5.41, 5.74) is 23.0. The van der Waals surface area contributed by atoms with Gasteiger partial charge in [0.15, 0.2) is 0 Å². The molecule has 1 saturated carbocycles. The van der Waals surface area contributed by atoms with Crippen LogP contribution in [0.1, 0.15) is 323 Å². The summed E-state index contributed by atoms with van der Waals surface area (Å²) in [4.78, 5) is 1.39. The number of aryl methyl sites for hydroxylation is 8. The van der Waals surface area contributed by atoms with E-state index in [0.717, 1.165) is 24.3 Å². The first-order valence-corrected chi connectivity index (χ1v) is 47.3. The van der Waals surface area contributed by atoms with Gasteiger partial charge in [-0.2, -0.15) is 0 Å². The van der Waals surface area contributed by atoms with Gasteiger partial charge in [-0.15, -0.1) is 11.8 Å². The van der Waals surface area contributed by atoms with E-state index in [9.17, 15) is 0 Å². The molecule has 0 amide bonds. The monoisotopic (exact) mass is 1660 g/mol. The van der Waals surface area contributed by atoms with Crippen LogP contribution in [0.15, 0.2) is 272 Å². The summed E-state index contributed by atoms with van der Waals surface area (Å²) in [6.07, 6.45) is 12.9. The van der Waals surface area contributed by atoms with Gasteiger partial charge in [0, 0.05) is 21.5 Å². The van der Waals surface area contributed by atoms with Crippen LogP contribution in [0.3, 0.4) is 0 Å². The molecule has 122 heavy (non-hydrogen) atoms. The normalized spacial score (nSPS) is 15.3. The maximum Gasteiger partial charge on any atom is 0.122 e. The Morgan fingerprint density at radius 1 is 0.287 bits per heavy atom. The molecule has 0 heterocycles. The third kappa shape index (κ3) is 27.4. The van der Waals surface area contributed by atoms with Crippen molar-refractivity contribution in [2.24, 2.45) is 43.3 Å². The lowest BCUT2D eigenvalue weighted by Crippen LogP contribution is -2.42. The van der Waals surface area contributed by atoms with Gasteiger partial charge in [0.05, 0.1) is 6.61 Å². The van der Waals surface area contributed by atoms with Crippen molar-refractivity contribution in [3.05, 3.63) is 345 Å². The number of hydrogen-bond donors (Lipinski definition) is 0. The molecule has 0 radical (unpaired) electrons. The molecule has 1 nitrogen and oxygen atoms in total. The Morgan fingerprint density at radius 2 is 0.598 bits per heavy atom. The summed E-state index contributed by atoms with van der Waals surface area (Å²) in [7, 11) is 0. The number of benzene rings is 10. The van der Waals surface area contributed by atoms with Crippen molar-refractivity contribution in [1.82, 2.24) is 0 Å². The highest BCUT2D eigenvalue weighted by molar-refractivity contribution is 7.99. The van der Waals surface area contributed by atoms with Crippen LogP contribution in [0.5, 0.6) is 5.75 Å². The van der Waals surface area contributed by atoms with Gasteiger partial charge in [-0.1, -0.05) is 461 Å². The summed E-state index contributed by atoms with van der Waals surface area (Å²) in [6, 6.07) is 95.7. The molecule has 10 aromatic rings. The molecule has 10 aromatic carbocycles. The second kappa shape index (κ2) is 43.0. The second-order valence-corrected chi connectivity index (χ2v) is 46.3. The van der Waals surface area contributed by atoms with E-state index in [2.05, 4.69) is 484 Å². The van der Waals surface area contributed by atoms with E-state index in [1.165, 1.54) is 134 Å². The molecule has 0 aliphatic heterocycles. The molecule has 0 N–H and O–H groups in total. The summed E-state index contributed by atoms with van der Waals surface area (Å²) >= 11 is 1.98. The fraction of sp³-hybridized carbons (Fsp3) is 0.500. The molecule has 0 unspecified atom stereocenters. The van der Waals surface area contributed by atoms with Crippen LogP contribution in [0, 0.1) is 84.9 Å². The largest absolute Gasteiger partial charge is 0.492 e. The van der Waals surface area contributed by atoms with E-state index in [1.54, 1.807) is 0 Å². The zero-order valence-electron chi connectivity index (χ0n) is 83.7. The minimum Gasteiger partial charge on any atom is -0.492 e. The lowest BCUT2D eigenvalue weighted by Gasteiger charge is -2.47. The van der Waals surface area contributed by atoms with Gasteiger partial charge in [0.25, 0.3) is 0 Å². The highest BCUT2D eigenvalue weighted by atomic mass is 32.2. The average molecular weight is 1660 g/mol. The van der Waals surface area contributed by atoms with E-state index in [0.29, 0.717) is 28.3 Å². The molecular formula is C120H170OS. The first-order chi connectivity index (χ1) is 56.5. The summed E-state index contributed by atoms with van der Waals surface area (Å²) in [5.74, 6) is 2.06. The van der Waals surface area contributed by atoms with Crippen molar-refractivity contribution >= 4 is 11.8 Å². The van der Waals surface area contributed by atoms with E-state index >= 15 is 0 Å². The summed E-state index contributed by atoms with van der Waals surface area (Å²) in [5, 5.41) is 0. The van der Waals surface area contributed by atoms with Crippen molar-refractivity contribution in [1.29, 1.82) is 0 Å². The minimum atomic E-state index is -0.0451. The SMILES string of the molecule is Cc1ccccc1C(C)(C)CC(C)(C)C(C)(C)C.Cc1ccccc1C(C)(C)C[C@](C)(c1ccccc1)C(C)(C)C.Cc1ccccc1CCC(C)(C)C1(C)CCCC1.Cc1ccccc1CC[C@](C)(c1ccccc1)C(C)(C)C.Cc1ccccc1OC[C@](C)(c1ccccc1)C(C)(C)C.Cc1ccccc1SC[C@](C)(c1ccccc1)C(C)(C)C. The van der Waals surface area contributed by atoms with Crippen LogP contribution in [0.25, 0.3) is 0 Å².